The summed E-state index contributed by atoms with van der Waals surface area (Å²) in [6.45, 7) is 8.33. The monoisotopic (exact) mass is 279 g/mol. The van der Waals surface area contributed by atoms with Gasteiger partial charge >= 0.3 is 0 Å². The molecule has 1 heterocycles. The van der Waals surface area contributed by atoms with E-state index in [0.29, 0.717) is 0 Å². The molecule has 20 heavy (non-hydrogen) atoms. The molecule has 1 fully saturated rings. The Morgan fingerprint density at radius 2 is 2.15 bits per heavy atom. The van der Waals surface area contributed by atoms with Crippen molar-refractivity contribution >= 4 is 0 Å². The summed E-state index contributed by atoms with van der Waals surface area (Å²) in [4.78, 5) is 0. The van der Waals surface area contributed by atoms with E-state index in [9.17, 15) is 0 Å². The topological polar surface area (TPSA) is 39.1 Å². The molecule has 1 aromatic heterocycles. The number of nitrogens with zero attached hydrogens (tertiary/aromatic N) is 2. The number of nitrogens with one attached hydrogen (secondary N) is 1. The van der Waals surface area contributed by atoms with Crippen molar-refractivity contribution in [3.63, 3.8) is 0 Å². The fraction of sp³-hybridized carbons (Fsp3) is 0.812. The molecule has 1 saturated carbocycles. The van der Waals surface area contributed by atoms with Crippen molar-refractivity contribution in [1.82, 2.24) is 15.1 Å². The zero-order chi connectivity index (χ0) is 14.6. The second-order valence-electron chi connectivity index (χ2n) is 6.05. The van der Waals surface area contributed by atoms with Crippen LogP contribution in [0, 0.1) is 5.92 Å². The maximum absolute atomic E-state index is 6.31. The molecular weight excluding hydrogens is 250 g/mol. The minimum absolute atomic E-state index is 0.0783. The Kier molecular flexibility index (Phi) is 5.22. The Bertz CT molecular complexity index is 408. The summed E-state index contributed by atoms with van der Waals surface area (Å²) in [5.74, 6) is 0.817. The van der Waals surface area contributed by atoms with Gasteiger partial charge in [0.2, 0.25) is 0 Å². The molecule has 1 aromatic rings. The van der Waals surface area contributed by atoms with Crippen LogP contribution in [0.2, 0.25) is 0 Å². The summed E-state index contributed by atoms with van der Waals surface area (Å²) < 4.78 is 8.29. The van der Waals surface area contributed by atoms with Gasteiger partial charge in [-0.2, -0.15) is 5.10 Å². The maximum Gasteiger partial charge on any atom is 0.0891 e. The first-order chi connectivity index (χ1) is 9.63. The molecule has 4 nitrogen and oxygen atoms in total. The van der Waals surface area contributed by atoms with Crippen LogP contribution in [0.5, 0.6) is 0 Å². The van der Waals surface area contributed by atoms with Crippen molar-refractivity contribution in [3.8, 4) is 0 Å². The van der Waals surface area contributed by atoms with Crippen LogP contribution < -0.4 is 5.32 Å². The van der Waals surface area contributed by atoms with E-state index in [1.54, 1.807) is 0 Å². The Morgan fingerprint density at radius 3 is 2.65 bits per heavy atom. The molecule has 0 aromatic carbocycles. The summed E-state index contributed by atoms with van der Waals surface area (Å²) >= 11 is 0. The highest BCUT2D eigenvalue weighted by Gasteiger charge is 2.43. The SMILES string of the molecule is CCNC(c1ccnn1C)C1(OCC)CCC(C)CC1. The minimum atomic E-state index is -0.0783. The number of hydrogen-bond acceptors (Lipinski definition) is 3. The molecule has 0 saturated heterocycles. The predicted octanol–water partition coefficient (Wildman–Crippen LogP) is 3.06. The third kappa shape index (κ3) is 3.07. The first-order valence-corrected chi connectivity index (χ1v) is 7.98. The highest BCUT2D eigenvalue weighted by Crippen LogP contribution is 2.43. The standard InChI is InChI=1S/C16H29N3O/c1-5-17-15(14-9-12-18-19(14)4)16(20-6-2)10-7-13(3)8-11-16/h9,12-13,15,17H,5-8,10-11H2,1-4H3. The van der Waals surface area contributed by atoms with E-state index < -0.39 is 0 Å². The van der Waals surface area contributed by atoms with Crippen LogP contribution in [0.3, 0.4) is 0 Å². The fourth-order valence-corrected chi connectivity index (χ4v) is 3.49. The highest BCUT2D eigenvalue weighted by atomic mass is 16.5. The molecule has 114 valence electrons. The van der Waals surface area contributed by atoms with E-state index in [1.165, 1.54) is 18.5 Å². The van der Waals surface area contributed by atoms with Gasteiger partial charge in [-0.05, 0) is 51.1 Å². The molecule has 1 aliphatic carbocycles. The molecule has 2 rings (SSSR count). The lowest BCUT2D eigenvalue weighted by Crippen LogP contribution is -2.49. The lowest BCUT2D eigenvalue weighted by Gasteiger charge is -2.45. The number of rotatable bonds is 6. The molecular formula is C16H29N3O. The van der Waals surface area contributed by atoms with Crippen LogP contribution in [-0.4, -0.2) is 28.5 Å². The molecule has 0 amide bonds. The van der Waals surface area contributed by atoms with Gasteiger partial charge in [0.15, 0.2) is 0 Å². The molecule has 0 aliphatic heterocycles. The van der Waals surface area contributed by atoms with Crippen molar-refractivity contribution in [3.05, 3.63) is 18.0 Å². The largest absolute Gasteiger partial charge is 0.373 e. The maximum atomic E-state index is 6.31. The van der Waals surface area contributed by atoms with Gasteiger partial charge in [0.1, 0.15) is 0 Å². The first-order valence-electron chi connectivity index (χ1n) is 7.98. The van der Waals surface area contributed by atoms with Crippen molar-refractivity contribution < 1.29 is 4.74 Å². The third-order valence-corrected chi connectivity index (χ3v) is 4.64. The summed E-state index contributed by atoms with van der Waals surface area (Å²) in [6, 6.07) is 2.35. The summed E-state index contributed by atoms with van der Waals surface area (Å²) in [5.41, 5.74) is 1.15. The van der Waals surface area contributed by atoms with Gasteiger partial charge in [-0.1, -0.05) is 13.8 Å². The first kappa shape index (κ1) is 15.5. The van der Waals surface area contributed by atoms with Gasteiger partial charge < -0.3 is 10.1 Å². The van der Waals surface area contributed by atoms with Crippen LogP contribution in [-0.2, 0) is 11.8 Å². The van der Waals surface area contributed by atoms with Gasteiger partial charge in [0.25, 0.3) is 0 Å². The van der Waals surface area contributed by atoms with E-state index in [2.05, 4.69) is 37.3 Å². The second kappa shape index (κ2) is 6.72. The summed E-state index contributed by atoms with van der Waals surface area (Å²) in [7, 11) is 2.02. The zero-order valence-electron chi connectivity index (χ0n) is 13.4. The normalized spacial score (nSPS) is 28.5. The highest BCUT2D eigenvalue weighted by molar-refractivity contribution is 5.14. The molecule has 1 aliphatic rings. The van der Waals surface area contributed by atoms with Gasteiger partial charge in [0, 0.05) is 19.9 Å². The number of hydrogen-bond donors (Lipinski definition) is 1. The fourth-order valence-electron chi connectivity index (χ4n) is 3.49. The average molecular weight is 279 g/mol. The van der Waals surface area contributed by atoms with Crippen molar-refractivity contribution in [2.75, 3.05) is 13.2 Å². The quantitative estimate of drug-likeness (QED) is 0.870. The van der Waals surface area contributed by atoms with Crippen LogP contribution in [0.4, 0.5) is 0 Å². The van der Waals surface area contributed by atoms with E-state index in [-0.39, 0.29) is 11.6 Å². The summed E-state index contributed by atoms with van der Waals surface area (Å²) in [6.07, 6.45) is 6.64. The van der Waals surface area contributed by atoms with Crippen LogP contribution in [0.25, 0.3) is 0 Å². The molecule has 0 radical (unpaired) electrons. The van der Waals surface area contributed by atoms with Crippen molar-refractivity contribution in [2.45, 2.75) is 58.1 Å². The minimum Gasteiger partial charge on any atom is -0.373 e. The smallest absolute Gasteiger partial charge is 0.0891 e. The van der Waals surface area contributed by atoms with Crippen molar-refractivity contribution in [1.29, 1.82) is 0 Å². The van der Waals surface area contributed by atoms with Crippen LogP contribution in [0.15, 0.2) is 12.3 Å². The summed E-state index contributed by atoms with van der Waals surface area (Å²) in [5, 5.41) is 7.99. The third-order valence-electron chi connectivity index (χ3n) is 4.64. The van der Waals surface area contributed by atoms with Crippen LogP contribution >= 0.6 is 0 Å². The Hall–Kier alpha value is -0.870. The van der Waals surface area contributed by atoms with E-state index in [4.69, 9.17) is 4.74 Å². The van der Waals surface area contributed by atoms with Gasteiger partial charge in [-0.25, -0.2) is 0 Å². The van der Waals surface area contributed by atoms with E-state index in [0.717, 1.165) is 31.9 Å². The lowest BCUT2D eigenvalue weighted by molar-refractivity contribution is -0.0988. The molecule has 1 atom stereocenters. The number of aryl methyl sites for hydroxylation is 1. The average Bonchev–Trinajstić information content (AvgIpc) is 2.85. The van der Waals surface area contributed by atoms with E-state index in [1.807, 2.05) is 17.9 Å². The van der Waals surface area contributed by atoms with Gasteiger partial charge in [0.05, 0.1) is 17.3 Å². The number of likely N-dealkylation sites (N-methyl/N-ethyl adjacent to an activating group) is 1. The molecule has 0 bridgehead atoms. The Labute approximate surface area is 122 Å². The predicted molar refractivity (Wildman–Crippen MR) is 81.6 cm³/mol. The van der Waals surface area contributed by atoms with Gasteiger partial charge in [-0.3, -0.25) is 4.68 Å². The Balaban J connectivity index is 2.30. The Morgan fingerprint density at radius 1 is 1.45 bits per heavy atom. The van der Waals surface area contributed by atoms with Crippen molar-refractivity contribution in [2.24, 2.45) is 13.0 Å². The zero-order valence-corrected chi connectivity index (χ0v) is 13.4. The molecule has 4 heteroatoms. The van der Waals surface area contributed by atoms with E-state index >= 15 is 0 Å². The van der Waals surface area contributed by atoms with Gasteiger partial charge in [-0.15, -0.1) is 0 Å². The second-order valence-corrected chi connectivity index (χ2v) is 6.05. The molecule has 1 unspecified atom stereocenters. The molecule has 1 N–H and O–H groups in total. The lowest BCUT2D eigenvalue weighted by atomic mass is 9.74. The van der Waals surface area contributed by atoms with Crippen LogP contribution in [0.1, 0.15) is 58.2 Å². The number of aromatic nitrogens is 2. The number of ether oxygens (including phenoxy) is 1. The molecule has 0 spiro atoms.